The number of nitrogens with zero attached hydrogens (tertiary/aromatic N) is 2. The highest BCUT2D eigenvalue weighted by molar-refractivity contribution is 6.32. The van der Waals surface area contributed by atoms with E-state index >= 15 is 0 Å². The largest absolute Gasteiger partial charge is 0.489 e. The normalized spacial score (nSPS) is 14.9. The lowest BCUT2D eigenvalue weighted by molar-refractivity contribution is 0.297. The van der Waals surface area contributed by atoms with E-state index in [0.717, 1.165) is 6.42 Å². The minimum Gasteiger partial charge on any atom is -0.489 e. The fourth-order valence-electron chi connectivity index (χ4n) is 1.64. The van der Waals surface area contributed by atoms with E-state index in [9.17, 15) is 4.79 Å². The van der Waals surface area contributed by atoms with Crippen molar-refractivity contribution in [2.75, 3.05) is 13.2 Å². The Kier molecular flexibility index (Phi) is 3.83. The van der Waals surface area contributed by atoms with Crippen LogP contribution in [0.1, 0.15) is 18.0 Å². The van der Waals surface area contributed by atoms with Crippen LogP contribution in [0.25, 0.3) is 0 Å². The summed E-state index contributed by atoms with van der Waals surface area (Å²) in [7, 11) is 0. The number of fused-ring (bicyclic) bond motifs is 1. The molecule has 1 aliphatic heterocycles. The summed E-state index contributed by atoms with van der Waals surface area (Å²) in [6.07, 6.45) is 2.12. The molecule has 0 saturated heterocycles. The summed E-state index contributed by atoms with van der Waals surface area (Å²) in [5.74, 6) is 0.932. The van der Waals surface area contributed by atoms with Crippen LogP contribution in [0.5, 0.6) is 11.5 Å². The van der Waals surface area contributed by atoms with Gasteiger partial charge >= 0.3 is 0 Å². The van der Waals surface area contributed by atoms with Crippen molar-refractivity contribution in [2.24, 2.45) is 4.99 Å². The van der Waals surface area contributed by atoms with Crippen molar-refractivity contribution < 1.29 is 14.3 Å². The molecular formula is C12H9ClN2O3. The third-order valence-electron chi connectivity index (χ3n) is 2.44. The fraction of sp³-hybridized carbons (Fsp3) is 0.333. The monoisotopic (exact) mass is 264 g/mol. The van der Waals surface area contributed by atoms with Gasteiger partial charge in [0.15, 0.2) is 17.5 Å². The van der Waals surface area contributed by atoms with Crippen LogP contribution in [0.2, 0.25) is 5.02 Å². The minimum absolute atomic E-state index is 0.339. The smallest absolute Gasteiger partial charge is 0.236 e. The average Bonchev–Trinajstić information content (AvgIpc) is 2.61. The van der Waals surface area contributed by atoms with Gasteiger partial charge in [0.25, 0.3) is 0 Å². The topological polar surface area (TPSA) is 71.7 Å². The van der Waals surface area contributed by atoms with Crippen molar-refractivity contribution in [2.45, 2.75) is 12.5 Å². The van der Waals surface area contributed by atoms with Crippen LogP contribution < -0.4 is 9.47 Å². The molecule has 5 nitrogen and oxygen atoms in total. The van der Waals surface area contributed by atoms with Gasteiger partial charge in [0.05, 0.1) is 24.3 Å². The molecule has 92 valence electrons. The minimum atomic E-state index is -0.933. The summed E-state index contributed by atoms with van der Waals surface area (Å²) in [6, 6.07) is 4.11. The predicted octanol–water partition coefficient (Wildman–Crippen LogP) is 2.40. The maximum atomic E-state index is 10.2. The van der Waals surface area contributed by atoms with Crippen molar-refractivity contribution in [3.8, 4) is 17.6 Å². The number of halogens is 1. The molecular weight excluding hydrogens is 256 g/mol. The summed E-state index contributed by atoms with van der Waals surface area (Å²) in [4.78, 5) is 13.6. The molecule has 0 amide bonds. The van der Waals surface area contributed by atoms with Crippen LogP contribution in [0, 0.1) is 11.3 Å². The Hall–Kier alpha value is -2.02. The highest BCUT2D eigenvalue weighted by atomic mass is 35.5. The lowest BCUT2D eigenvalue weighted by atomic mass is 10.1. The molecule has 1 heterocycles. The molecule has 0 bridgehead atoms. The molecule has 18 heavy (non-hydrogen) atoms. The van der Waals surface area contributed by atoms with Gasteiger partial charge in [-0.1, -0.05) is 11.6 Å². The molecule has 0 spiro atoms. The van der Waals surface area contributed by atoms with Crippen LogP contribution >= 0.6 is 11.6 Å². The van der Waals surface area contributed by atoms with Gasteiger partial charge in [-0.25, -0.2) is 4.79 Å². The SMILES string of the molecule is N#CC(N=C=O)c1cc(Cl)c2c(c1)OCCCO2. The summed E-state index contributed by atoms with van der Waals surface area (Å²) in [5, 5.41) is 9.26. The third-order valence-corrected chi connectivity index (χ3v) is 2.73. The first-order chi connectivity index (χ1) is 8.76. The van der Waals surface area contributed by atoms with Crippen LogP contribution in [0.4, 0.5) is 0 Å². The molecule has 1 aliphatic rings. The number of nitriles is 1. The van der Waals surface area contributed by atoms with Crippen LogP contribution in [0.15, 0.2) is 17.1 Å². The van der Waals surface area contributed by atoms with Crippen LogP contribution in [-0.2, 0) is 4.79 Å². The van der Waals surface area contributed by atoms with Crippen molar-refractivity contribution in [3.05, 3.63) is 22.7 Å². The molecule has 1 aromatic rings. The van der Waals surface area contributed by atoms with Crippen molar-refractivity contribution in [1.82, 2.24) is 0 Å². The van der Waals surface area contributed by atoms with E-state index in [0.29, 0.717) is 35.3 Å². The Morgan fingerprint density at radius 2 is 2.17 bits per heavy atom. The summed E-state index contributed by atoms with van der Waals surface area (Å²) < 4.78 is 10.9. The maximum Gasteiger partial charge on any atom is 0.236 e. The Balaban J connectivity index is 2.46. The predicted molar refractivity (Wildman–Crippen MR) is 63.5 cm³/mol. The standard InChI is InChI=1S/C12H9ClN2O3/c13-9-4-8(10(6-14)15-7-16)5-11-12(9)18-3-1-2-17-11/h4-5,10H,1-3H2. The first kappa shape index (κ1) is 12.4. The maximum absolute atomic E-state index is 10.2. The molecule has 0 aromatic heterocycles. The van der Waals surface area contributed by atoms with Gasteiger partial charge in [-0.3, -0.25) is 0 Å². The van der Waals surface area contributed by atoms with E-state index in [4.69, 9.17) is 26.3 Å². The average molecular weight is 265 g/mol. The van der Waals surface area contributed by atoms with E-state index in [1.54, 1.807) is 12.1 Å². The van der Waals surface area contributed by atoms with Crippen molar-refractivity contribution >= 4 is 17.7 Å². The molecule has 0 N–H and O–H groups in total. The third kappa shape index (κ3) is 2.45. The molecule has 0 saturated carbocycles. The second-order valence-corrected chi connectivity index (χ2v) is 4.04. The Bertz CT molecular complexity index is 547. The van der Waals surface area contributed by atoms with E-state index in [2.05, 4.69) is 4.99 Å². The van der Waals surface area contributed by atoms with E-state index < -0.39 is 6.04 Å². The van der Waals surface area contributed by atoms with Crippen molar-refractivity contribution in [1.29, 1.82) is 5.26 Å². The van der Waals surface area contributed by atoms with Gasteiger partial charge in [0.2, 0.25) is 6.08 Å². The zero-order valence-corrected chi connectivity index (χ0v) is 10.1. The molecule has 1 atom stereocenters. The number of isocyanates is 1. The number of rotatable bonds is 2. The first-order valence-corrected chi connectivity index (χ1v) is 5.69. The van der Waals surface area contributed by atoms with Gasteiger partial charge < -0.3 is 9.47 Å². The fourth-order valence-corrected chi connectivity index (χ4v) is 1.91. The molecule has 2 rings (SSSR count). The summed E-state index contributed by atoms with van der Waals surface area (Å²) >= 11 is 6.07. The van der Waals surface area contributed by atoms with E-state index in [1.807, 2.05) is 6.07 Å². The van der Waals surface area contributed by atoms with Gasteiger partial charge in [-0.2, -0.15) is 10.3 Å². The van der Waals surface area contributed by atoms with Gasteiger partial charge in [0, 0.05) is 6.42 Å². The molecule has 0 fully saturated rings. The van der Waals surface area contributed by atoms with Crippen LogP contribution in [-0.4, -0.2) is 19.3 Å². The quantitative estimate of drug-likeness (QED) is 0.607. The Labute approximate surface area is 109 Å². The Morgan fingerprint density at radius 1 is 1.39 bits per heavy atom. The molecule has 1 unspecified atom stereocenters. The highest BCUT2D eigenvalue weighted by Crippen LogP contribution is 2.39. The van der Waals surface area contributed by atoms with Gasteiger partial charge in [-0.15, -0.1) is 0 Å². The van der Waals surface area contributed by atoms with E-state index in [-0.39, 0.29) is 0 Å². The first-order valence-electron chi connectivity index (χ1n) is 5.32. The number of ether oxygens (including phenoxy) is 2. The second kappa shape index (κ2) is 5.54. The number of hydrogen-bond acceptors (Lipinski definition) is 5. The van der Waals surface area contributed by atoms with Crippen molar-refractivity contribution in [3.63, 3.8) is 0 Å². The number of benzene rings is 1. The molecule has 6 heteroatoms. The van der Waals surface area contributed by atoms with Gasteiger partial charge in [-0.05, 0) is 17.7 Å². The van der Waals surface area contributed by atoms with Gasteiger partial charge in [0.1, 0.15) is 0 Å². The summed E-state index contributed by atoms with van der Waals surface area (Å²) in [6.45, 7) is 1.04. The molecule has 1 aromatic carbocycles. The zero-order chi connectivity index (χ0) is 13.0. The van der Waals surface area contributed by atoms with E-state index in [1.165, 1.54) is 6.08 Å². The van der Waals surface area contributed by atoms with Crippen LogP contribution in [0.3, 0.4) is 0 Å². The highest BCUT2D eigenvalue weighted by Gasteiger charge is 2.19. The Morgan fingerprint density at radius 3 is 2.89 bits per heavy atom. The zero-order valence-electron chi connectivity index (χ0n) is 9.35. The summed E-state index contributed by atoms with van der Waals surface area (Å²) in [5.41, 5.74) is 0.482. The second-order valence-electron chi connectivity index (χ2n) is 3.63. The lowest BCUT2D eigenvalue weighted by Crippen LogP contribution is -1.97. The lowest BCUT2D eigenvalue weighted by Gasteiger charge is -2.11. The molecule has 0 radical (unpaired) electrons. The number of hydrogen-bond donors (Lipinski definition) is 0. The molecule has 0 aliphatic carbocycles. The number of carbonyl (C=O) groups excluding carboxylic acids is 1. The number of aliphatic imine (C=N–C) groups is 1.